The van der Waals surface area contributed by atoms with Crippen LogP contribution in [-0.2, 0) is 11.3 Å². The van der Waals surface area contributed by atoms with Crippen LogP contribution in [0.25, 0.3) is 0 Å². The number of nitrogens with one attached hydrogen (secondary N) is 1. The molecule has 1 aromatic rings. The van der Waals surface area contributed by atoms with E-state index in [2.05, 4.69) is 5.32 Å². The van der Waals surface area contributed by atoms with Crippen LogP contribution < -0.4 is 5.32 Å². The Morgan fingerprint density at radius 2 is 2.18 bits per heavy atom. The number of hydrogen-bond donors (Lipinski definition) is 1. The highest BCUT2D eigenvalue weighted by molar-refractivity contribution is 6.41. The minimum atomic E-state index is 0.590. The number of benzene rings is 1. The average Bonchev–Trinajstić information content (AvgIpc) is 2.35. The van der Waals surface area contributed by atoms with Crippen LogP contribution in [0.5, 0.6) is 0 Å². The van der Waals surface area contributed by atoms with Crippen molar-refractivity contribution in [3.8, 4) is 0 Å². The summed E-state index contributed by atoms with van der Waals surface area (Å²) in [4.78, 5) is 0. The van der Waals surface area contributed by atoms with Crippen LogP contribution in [0.2, 0.25) is 10.0 Å². The summed E-state index contributed by atoms with van der Waals surface area (Å²) in [6, 6.07) is 5.63. The minimum Gasteiger partial charge on any atom is -0.376 e. The third-order valence-corrected chi connectivity index (χ3v) is 3.74. The summed E-state index contributed by atoms with van der Waals surface area (Å²) in [5.74, 6) is 0.645. The van der Waals surface area contributed by atoms with Crippen LogP contribution >= 0.6 is 23.2 Å². The predicted octanol–water partition coefficient (Wildman–Crippen LogP) is 3.51. The first-order valence-electron chi connectivity index (χ1n) is 5.98. The SMILES string of the molecule is Clc1ccc(COC[C@@H]2CCCNC2)cc1Cl. The molecule has 0 saturated carbocycles. The Morgan fingerprint density at radius 1 is 1.29 bits per heavy atom. The fraction of sp³-hybridized carbons (Fsp3) is 0.538. The summed E-state index contributed by atoms with van der Waals surface area (Å²) in [5, 5.41) is 4.56. The summed E-state index contributed by atoms with van der Waals surface area (Å²) < 4.78 is 5.71. The van der Waals surface area contributed by atoms with Gasteiger partial charge in [-0.2, -0.15) is 0 Å². The fourth-order valence-corrected chi connectivity index (χ4v) is 2.36. The van der Waals surface area contributed by atoms with Crippen molar-refractivity contribution >= 4 is 23.2 Å². The van der Waals surface area contributed by atoms with Crippen molar-refractivity contribution in [3.63, 3.8) is 0 Å². The van der Waals surface area contributed by atoms with Crippen molar-refractivity contribution < 1.29 is 4.74 Å². The Labute approximate surface area is 112 Å². The van der Waals surface area contributed by atoms with E-state index in [1.807, 2.05) is 18.2 Å². The molecule has 2 rings (SSSR count). The van der Waals surface area contributed by atoms with E-state index in [4.69, 9.17) is 27.9 Å². The summed E-state index contributed by atoms with van der Waals surface area (Å²) in [7, 11) is 0. The first kappa shape index (κ1) is 13.2. The maximum Gasteiger partial charge on any atom is 0.0717 e. The molecule has 1 N–H and O–H groups in total. The van der Waals surface area contributed by atoms with Crippen molar-refractivity contribution in [3.05, 3.63) is 33.8 Å². The summed E-state index contributed by atoms with van der Waals surface area (Å²) in [5.41, 5.74) is 1.07. The lowest BCUT2D eigenvalue weighted by atomic mass is 10.0. The van der Waals surface area contributed by atoms with Gasteiger partial charge in [-0.25, -0.2) is 0 Å². The van der Waals surface area contributed by atoms with Gasteiger partial charge in [-0.15, -0.1) is 0 Å². The molecule has 1 saturated heterocycles. The van der Waals surface area contributed by atoms with Gasteiger partial charge in [0.25, 0.3) is 0 Å². The van der Waals surface area contributed by atoms with Crippen LogP contribution in [0, 0.1) is 5.92 Å². The number of rotatable bonds is 4. The van der Waals surface area contributed by atoms with Gasteiger partial charge in [0.05, 0.1) is 23.3 Å². The lowest BCUT2D eigenvalue weighted by Crippen LogP contribution is -2.32. The van der Waals surface area contributed by atoms with Gasteiger partial charge in [-0.1, -0.05) is 29.3 Å². The molecule has 0 spiro atoms. The van der Waals surface area contributed by atoms with Crippen molar-refractivity contribution in [2.24, 2.45) is 5.92 Å². The molecule has 0 aromatic heterocycles. The number of piperidine rings is 1. The van der Waals surface area contributed by atoms with Gasteiger partial charge in [-0.05, 0) is 43.0 Å². The van der Waals surface area contributed by atoms with Crippen LogP contribution in [0.3, 0.4) is 0 Å². The van der Waals surface area contributed by atoms with Crippen molar-refractivity contribution in [2.45, 2.75) is 19.4 Å². The Morgan fingerprint density at radius 3 is 2.88 bits per heavy atom. The van der Waals surface area contributed by atoms with E-state index in [-0.39, 0.29) is 0 Å². The highest BCUT2D eigenvalue weighted by Gasteiger charge is 2.12. The van der Waals surface area contributed by atoms with Crippen molar-refractivity contribution in [1.29, 1.82) is 0 Å². The highest BCUT2D eigenvalue weighted by Crippen LogP contribution is 2.23. The Balaban J connectivity index is 1.75. The quantitative estimate of drug-likeness (QED) is 0.907. The molecule has 0 amide bonds. The molecule has 94 valence electrons. The monoisotopic (exact) mass is 273 g/mol. The van der Waals surface area contributed by atoms with Crippen molar-refractivity contribution in [1.82, 2.24) is 5.32 Å². The number of ether oxygens (including phenoxy) is 1. The van der Waals surface area contributed by atoms with Crippen molar-refractivity contribution in [2.75, 3.05) is 19.7 Å². The second-order valence-electron chi connectivity index (χ2n) is 4.48. The van der Waals surface area contributed by atoms with Gasteiger partial charge in [0.1, 0.15) is 0 Å². The maximum absolute atomic E-state index is 5.94. The zero-order valence-electron chi connectivity index (χ0n) is 9.72. The molecule has 0 bridgehead atoms. The number of hydrogen-bond acceptors (Lipinski definition) is 2. The molecule has 17 heavy (non-hydrogen) atoms. The summed E-state index contributed by atoms with van der Waals surface area (Å²) in [6.45, 7) is 3.63. The molecule has 0 unspecified atom stereocenters. The lowest BCUT2D eigenvalue weighted by molar-refractivity contribution is 0.0783. The van der Waals surface area contributed by atoms with E-state index >= 15 is 0 Å². The highest BCUT2D eigenvalue weighted by atomic mass is 35.5. The third-order valence-electron chi connectivity index (χ3n) is 3.01. The van der Waals surface area contributed by atoms with Crippen LogP contribution in [0.15, 0.2) is 18.2 Å². The van der Waals surface area contributed by atoms with E-state index in [0.29, 0.717) is 22.6 Å². The molecular weight excluding hydrogens is 257 g/mol. The standard InChI is InChI=1S/C13H17Cl2NO/c14-12-4-3-10(6-13(12)15)8-17-9-11-2-1-5-16-7-11/h3-4,6,11,16H,1-2,5,7-9H2/t11-/m1/s1. The van der Waals surface area contributed by atoms with E-state index in [9.17, 15) is 0 Å². The molecule has 0 radical (unpaired) electrons. The normalized spacial score (nSPS) is 20.5. The van der Waals surface area contributed by atoms with Gasteiger partial charge in [0, 0.05) is 6.54 Å². The molecule has 1 fully saturated rings. The molecule has 1 aromatic carbocycles. The second-order valence-corrected chi connectivity index (χ2v) is 5.29. The Kier molecular flexibility index (Phi) is 5.11. The molecule has 2 nitrogen and oxygen atoms in total. The fourth-order valence-electron chi connectivity index (χ4n) is 2.04. The van der Waals surface area contributed by atoms with Crippen LogP contribution in [0.1, 0.15) is 18.4 Å². The Bertz CT molecular complexity index is 364. The van der Waals surface area contributed by atoms with Gasteiger partial charge in [-0.3, -0.25) is 0 Å². The first-order chi connectivity index (χ1) is 8.25. The topological polar surface area (TPSA) is 21.3 Å². The van der Waals surface area contributed by atoms with E-state index in [0.717, 1.165) is 25.3 Å². The van der Waals surface area contributed by atoms with Crippen LogP contribution in [-0.4, -0.2) is 19.7 Å². The smallest absolute Gasteiger partial charge is 0.0717 e. The molecule has 1 atom stereocenters. The van der Waals surface area contributed by atoms with Crippen LogP contribution in [0.4, 0.5) is 0 Å². The molecule has 1 aliphatic rings. The van der Waals surface area contributed by atoms with Gasteiger partial charge in [0.2, 0.25) is 0 Å². The maximum atomic E-state index is 5.94. The van der Waals surface area contributed by atoms with E-state index in [1.165, 1.54) is 12.8 Å². The minimum absolute atomic E-state index is 0.590. The third kappa shape index (κ3) is 4.14. The zero-order valence-corrected chi connectivity index (χ0v) is 11.2. The predicted molar refractivity (Wildman–Crippen MR) is 71.7 cm³/mol. The Hall–Kier alpha value is -0.280. The molecule has 4 heteroatoms. The van der Waals surface area contributed by atoms with Gasteiger partial charge < -0.3 is 10.1 Å². The van der Waals surface area contributed by atoms with Gasteiger partial charge >= 0.3 is 0 Å². The summed E-state index contributed by atoms with van der Waals surface area (Å²) >= 11 is 11.8. The van der Waals surface area contributed by atoms with E-state index in [1.54, 1.807) is 0 Å². The molecular formula is C13H17Cl2NO. The zero-order chi connectivity index (χ0) is 12.1. The van der Waals surface area contributed by atoms with Gasteiger partial charge in [0.15, 0.2) is 0 Å². The average molecular weight is 274 g/mol. The number of halogens is 2. The molecule has 1 heterocycles. The van der Waals surface area contributed by atoms with E-state index < -0.39 is 0 Å². The summed E-state index contributed by atoms with van der Waals surface area (Å²) in [6.07, 6.45) is 2.51. The first-order valence-corrected chi connectivity index (χ1v) is 6.73. The second kappa shape index (κ2) is 6.60. The largest absolute Gasteiger partial charge is 0.376 e. The molecule has 1 aliphatic heterocycles. The molecule has 0 aliphatic carbocycles. The lowest BCUT2D eigenvalue weighted by Gasteiger charge is -2.22.